The van der Waals surface area contributed by atoms with Gasteiger partial charge in [0.05, 0.1) is 6.21 Å². The number of amides is 2. The fourth-order valence-electron chi connectivity index (χ4n) is 2.96. The van der Waals surface area contributed by atoms with Gasteiger partial charge in [-0.15, -0.1) is 0 Å². The highest BCUT2D eigenvalue weighted by Gasteiger charge is 2.15. The lowest BCUT2D eigenvalue weighted by molar-refractivity contribution is -0.139. The maximum absolute atomic E-state index is 13.0. The summed E-state index contributed by atoms with van der Waals surface area (Å²) >= 11 is 0. The van der Waals surface area contributed by atoms with Crippen LogP contribution in [0.5, 0.6) is 17.2 Å². The first-order chi connectivity index (χ1) is 16.1. The van der Waals surface area contributed by atoms with Crippen LogP contribution >= 0.6 is 0 Å². The van der Waals surface area contributed by atoms with Crippen molar-refractivity contribution in [2.45, 2.75) is 13.2 Å². The molecule has 0 saturated carbocycles. The zero-order valence-electron chi connectivity index (χ0n) is 17.4. The van der Waals surface area contributed by atoms with E-state index in [9.17, 15) is 14.0 Å². The average Bonchev–Trinajstić information content (AvgIpc) is 3.30. The largest absolute Gasteiger partial charge is 0.489 e. The van der Waals surface area contributed by atoms with Gasteiger partial charge in [-0.25, -0.2) is 9.82 Å². The lowest BCUT2D eigenvalue weighted by atomic mass is 10.2. The Hall–Kier alpha value is -4.40. The molecule has 0 aromatic heterocycles. The molecule has 0 bridgehead atoms. The molecule has 4 rings (SSSR count). The Balaban J connectivity index is 1.24. The van der Waals surface area contributed by atoms with Gasteiger partial charge in [0.25, 0.3) is 0 Å². The fraction of sp³-hybridized carbons (Fsp3) is 0.125. The summed E-state index contributed by atoms with van der Waals surface area (Å²) in [5.74, 6) is -0.199. The van der Waals surface area contributed by atoms with Crippen LogP contribution in [0, 0.1) is 5.82 Å². The summed E-state index contributed by atoms with van der Waals surface area (Å²) in [6.07, 6.45) is 1.40. The first-order valence-corrected chi connectivity index (χ1v) is 10.0. The third kappa shape index (κ3) is 6.07. The van der Waals surface area contributed by atoms with Gasteiger partial charge < -0.3 is 19.5 Å². The molecule has 0 atom stereocenters. The zero-order chi connectivity index (χ0) is 23.0. The van der Waals surface area contributed by atoms with Gasteiger partial charge in [0, 0.05) is 6.54 Å². The van der Waals surface area contributed by atoms with E-state index in [1.807, 2.05) is 0 Å². The van der Waals surface area contributed by atoms with Crippen molar-refractivity contribution < 1.29 is 28.2 Å². The van der Waals surface area contributed by atoms with Gasteiger partial charge in [-0.3, -0.25) is 9.59 Å². The van der Waals surface area contributed by atoms with Crippen molar-refractivity contribution in [2.24, 2.45) is 5.10 Å². The van der Waals surface area contributed by atoms with Crippen molar-refractivity contribution >= 4 is 18.0 Å². The molecule has 1 heterocycles. The SMILES string of the molecule is O=C(NCc1ccc2c(c1)OCO2)C(=O)N/N=C\c1cccc(OCc2ccc(F)cc2)c1. The second-order valence-electron chi connectivity index (χ2n) is 7.06. The molecule has 0 aliphatic carbocycles. The molecule has 9 heteroatoms. The number of carbonyl (C=O) groups excluding carboxylic acids is 2. The molecule has 168 valence electrons. The summed E-state index contributed by atoms with van der Waals surface area (Å²) in [4.78, 5) is 24.0. The van der Waals surface area contributed by atoms with Crippen LogP contribution in [0.2, 0.25) is 0 Å². The number of hydrogen-bond acceptors (Lipinski definition) is 6. The molecule has 8 nitrogen and oxygen atoms in total. The van der Waals surface area contributed by atoms with Crippen LogP contribution < -0.4 is 25.0 Å². The third-order valence-electron chi connectivity index (χ3n) is 4.65. The highest BCUT2D eigenvalue weighted by molar-refractivity contribution is 6.35. The van der Waals surface area contributed by atoms with Crippen molar-refractivity contribution in [1.29, 1.82) is 0 Å². The van der Waals surface area contributed by atoms with Crippen LogP contribution in [0.15, 0.2) is 71.8 Å². The second-order valence-corrected chi connectivity index (χ2v) is 7.06. The van der Waals surface area contributed by atoms with Gasteiger partial charge >= 0.3 is 11.8 Å². The second kappa shape index (κ2) is 10.3. The van der Waals surface area contributed by atoms with Gasteiger partial charge in [0.15, 0.2) is 11.5 Å². The lowest BCUT2D eigenvalue weighted by Crippen LogP contribution is -2.37. The highest BCUT2D eigenvalue weighted by atomic mass is 19.1. The number of benzene rings is 3. The van der Waals surface area contributed by atoms with Crippen molar-refractivity contribution in [1.82, 2.24) is 10.7 Å². The van der Waals surface area contributed by atoms with E-state index in [2.05, 4.69) is 15.8 Å². The topological polar surface area (TPSA) is 98.2 Å². The van der Waals surface area contributed by atoms with Crippen LogP contribution in [0.3, 0.4) is 0 Å². The number of hydrazone groups is 1. The molecular formula is C24H20FN3O5. The minimum Gasteiger partial charge on any atom is -0.489 e. The molecule has 0 fully saturated rings. The Bertz CT molecular complexity index is 1180. The van der Waals surface area contributed by atoms with Crippen LogP contribution in [-0.2, 0) is 22.7 Å². The summed E-state index contributed by atoms with van der Waals surface area (Å²) in [5, 5.41) is 6.33. The van der Waals surface area contributed by atoms with Crippen LogP contribution in [0.25, 0.3) is 0 Å². The van der Waals surface area contributed by atoms with Gasteiger partial charge in [-0.2, -0.15) is 5.10 Å². The van der Waals surface area contributed by atoms with Crippen molar-refractivity contribution in [3.05, 3.63) is 89.2 Å². The predicted octanol–water partition coefficient (Wildman–Crippen LogP) is 2.90. The average molecular weight is 449 g/mol. The smallest absolute Gasteiger partial charge is 0.329 e. The number of carbonyl (C=O) groups is 2. The highest BCUT2D eigenvalue weighted by Crippen LogP contribution is 2.32. The Kier molecular flexibility index (Phi) is 6.79. The van der Waals surface area contributed by atoms with Gasteiger partial charge in [0.2, 0.25) is 6.79 Å². The Morgan fingerprint density at radius 3 is 2.61 bits per heavy atom. The first-order valence-electron chi connectivity index (χ1n) is 10.0. The number of ether oxygens (including phenoxy) is 3. The molecule has 1 aliphatic heterocycles. The van der Waals surface area contributed by atoms with Crippen molar-refractivity contribution in [3.63, 3.8) is 0 Å². The van der Waals surface area contributed by atoms with E-state index in [1.54, 1.807) is 54.6 Å². The van der Waals surface area contributed by atoms with E-state index in [0.29, 0.717) is 22.8 Å². The lowest BCUT2D eigenvalue weighted by Gasteiger charge is -2.07. The van der Waals surface area contributed by atoms with Gasteiger partial charge in [-0.05, 0) is 53.1 Å². The van der Waals surface area contributed by atoms with Gasteiger partial charge in [0.1, 0.15) is 18.2 Å². The molecule has 2 amide bonds. The van der Waals surface area contributed by atoms with Crippen molar-refractivity contribution in [3.8, 4) is 17.2 Å². The number of rotatable bonds is 7. The predicted molar refractivity (Wildman–Crippen MR) is 117 cm³/mol. The maximum Gasteiger partial charge on any atom is 0.329 e. The standard InChI is InChI=1S/C24H20FN3O5/c25-19-7-4-16(5-8-19)14-31-20-3-1-2-17(10-20)13-27-28-24(30)23(29)26-12-18-6-9-21-22(11-18)33-15-32-21/h1-11,13H,12,14-15H2,(H,26,29)(H,28,30)/b27-13-. The van der Waals surface area contributed by atoms with Crippen LogP contribution in [0.1, 0.15) is 16.7 Å². The summed E-state index contributed by atoms with van der Waals surface area (Å²) in [6, 6.07) is 18.3. The van der Waals surface area contributed by atoms with E-state index in [0.717, 1.165) is 11.1 Å². The number of fused-ring (bicyclic) bond motifs is 1. The molecule has 1 aliphatic rings. The van der Waals surface area contributed by atoms with Gasteiger partial charge in [-0.1, -0.05) is 30.3 Å². The summed E-state index contributed by atoms with van der Waals surface area (Å²) in [6.45, 7) is 0.593. The molecule has 0 radical (unpaired) electrons. The number of hydrogen-bond donors (Lipinski definition) is 2. The Labute approximate surface area is 189 Å². The van der Waals surface area contributed by atoms with E-state index >= 15 is 0 Å². The molecule has 2 N–H and O–H groups in total. The Morgan fingerprint density at radius 1 is 0.970 bits per heavy atom. The van der Waals surface area contributed by atoms with E-state index < -0.39 is 11.8 Å². The van der Waals surface area contributed by atoms with E-state index in [-0.39, 0.29) is 25.8 Å². The normalized spacial score (nSPS) is 11.9. The molecule has 0 saturated heterocycles. The van der Waals surface area contributed by atoms with E-state index in [4.69, 9.17) is 14.2 Å². The third-order valence-corrected chi connectivity index (χ3v) is 4.65. The Morgan fingerprint density at radius 2 is 1.76 bits per heavy atom. The van der Waals surface area contributed by atoms with Crippen LogP contribution in [-0.4, -0.2) is 24.8 Å². The minimum absolute atomic E-state index is 0.153. The molecule has 0 spiro atoms. The van der Waals surface area contributed by atoms with Crippen LogP contribution in [0.4, 0.5) is 4.39 Å². The summed E-state index contributed by atoms with van der Waals surface area (Å²) in [7, 11) is 0. The summed E-state index contributed by atoms with van der Waals surface area (Å²) < 4.78 is 29.2. The molecule has 3 aromatic carbocycles. The minimum atomic E-state index is -0.893. The number of nitrogens with zero attached hydrogens (tertiary/aromatic N) is 1. The fourth-order valence-corrected chi connectivity index (χ4v) is 2.96. The quantitative estimate of drug-likeness (QED) is 0.328. The number of halogens is 1. The molecular weight excluding hydrogens is 429 g/mol. The van der Waals surface area contributed by atoms with Crippen molar-refractivity contribution in [2.75, 3.05) is 6.79 Å². The van der Waals surface area contributed by atoms with E-state index in [1.165, 1.54) is 18.3 Å². The molecule has 33 heavy (non-hydrogen) atoms. The molecule has 3 aromatic rings. The zero-order valence-corrected chi connectivity index (χ0v) is 17.4. The first kappa shape index (κ1) is 21.8. The number of nitrogens with one attached hydrogen (secondary N) is 2. The monoisotopic (exact) mass is 449 g/mol. The molecule has 0 unspecified atom stereocenters. The maximum atomic E-state index is 13.0. The summed E-state index contributed by atoms with van der Waals surface area (Å²) in [5.41, 5.74) is 4.44.